The van der Waals surface area contributed by atoms with Gasteiger partial charge >= 0.3 is 59.1 Å². The number of hydrogen-bond donors (Lipinski definition) is 0. The van der Waals surface area contributed by atoms with Gasteiger partial charge < -0.3 is 24.7 Å². The van der Waals surface area contributed by atoms with Crippen molar-refractivity contribution in [2.45, 2.75) is 7.59 Å². The van der Waals surface area contributed by atoms with Gasteiger partial charge in [0.2, 0.25) is 7.59 Å². The van der Waals surface area contributed by atoms with E-state index in [1.807, 2.05) is 0 Å². The number of aromatic nitrogens is 3. The smallest absolute Gasteiger partial charge is 0.548 e. The minimum Gasteiger partial charge on any atom is -0.548 e. The minimum absolute atomic E-state index is 0. The molecule has 2 aromatic rings. The predicted octanol–water partition coefficient (Wildman–Crippen LogP) is -3.73. The molecule has 0 fully saturated rings. The molecule has 0 saturated heterocycles. The summed E-state index contributed by atoms with van der Waals surface area (Å²) >= 11 is 38.4. The molecule has 1 aromatic heterocycles. The Morgan fingerprint density at radius 2 is 1.31 bits per heavy atom. The summed E-state index contributed by atoms with van der Waals surface area (Å²) in [6.45, 7) is -1.36. The van der Waals surface area contributed by atoms with Crippen molar-refractivity contribution in [3.8, 4) is 11.4 Å². The van der Waals surface area contributed by atoms with Gasteiger partial charge in [-0.1, -0.05) is 69.6 Å². The van der Waals surface area contributed by atoms with Crippen LogP contribution in [0.15, 0.2) is 22.7 Å². The van der Waals surface area contributed by atoms with Gasteiger partial charge in [0.25, 0.3) is 0 Å². The van der Waals surface area contributed by atoms with Crippen molar-refractivity contribution in [3.05, 3.63) is 34.3 Å². The van der Waals surface area contributed by atoms with Crippen molar-refractivity contribution in [1.29, 1.82) is 0 Å². The third kappa shape index (κ3) is 9.68. The average Bonchev–Trinajstić information content (AvgIpc) is 2.58. The summed E-state index contributed by atoms with van der Waals surface area (Å²) in [6.07, 6.45) is 0. The van der Waals surface area contributed by atoms with Crippen LogP contribution in [0.2, 0.25) is 0 Å². The molecule has 0 saturated carbocycles. The van der Waals surface area contributed by atoms with E-state index in [1.165, 1.54) is 18.2 Å². The molecule has 1 heterocycles. The Bertz CT molecular complexity index is 945. The van der Waals surface area contributed by atoms with Crippen LogP contribution in [0.3, 0.4) is 0 Å². The number of carbonyl (C=O) groups is 2. The zero-order valence-corrected chi connectivity index (χ0v) is 26.3. The molecule has 0 spiro atoms. The maximum atomic E-state index is 10.9. The summed E-state index contributed by atoms with van der Waals surface area (Å²) in [4.78, 5) is 34.9. The monoisotopic (exact) mass is 642 g/mol. The van der Waals surface area contributed by atoms with Gasteiger partial charge in [0.05, 0.1) is 25.0 Å². The third-order valence-corrected chi connectivity index (χ3v) is 5.01. The standard InChI is InChI=1S/C15H9BrCl6N4O4.2Na/c16-8-3-6(26(4-9(27)28)5-10(29)30)1-2-7(8)11-23-12(14(17,18)19)25-13(24-11)15(20,21)22;;/h1-3H,4-5H2,(H,27,28)(H,29,30);;/q;2*+1/p-2. The van der Waals surface area contributed by atoms with Crippen LogP contribution < -0.4 is 74.2 Å². The van der Waals surface area contributed by atoms with Gasteiger partial charge in [-0.25, -0.2) is 15.0 Å². The first-order valence-corrected chi connectivity index (χ1v) is 10.6. The molecule has 8 nitrogen and oxygen atoms in total. The second-order valence-electron chi connectivity index (χ2n) is 5.57. The fraction of sp³-hybridized carbons (Fsp3) is 0.267. The van der Waals surface area contributed by atoms with Crippen LogP contribution in [0.5, 0.6) is 0 Å². The minimum atomic E-state index is -2.05. The van der Waals surface area contributed by atoms with Gasteiger partial charge in [-0.05, 0) is 34.1 Å². The average molecular weight is 646 g/mol. The topological polar surface area (TPSA) is 122 Å². The number of aliphatic carboxylic acids is 2. The number of hydrogen-bond acceptors (Lipinski definition) is 8. The largest absolute Gasteiger partial charge is 1.00 e. The van der Waals surface area contributed by atoms with E-state index in [1.54, 1.807) is 0 Å². The van der Waals surface area contributed by atoms with Crippen LogP contribution in [0.1, 0.15) is 11.6 Å². The number of carbonyl (C=O) groups excluding carboxylic acids is 2. The number of alkyl halides is 6. The molecule has 0 atom stereocenters. The Balaban J connectivity index is 0.00000480. The molecule has 0 aliphatic carbocycles. The molecule has 32 heavy (non-hydrogen) atoms. The van der Waals surface area contributed by atoms with Crippen molar-refractivity contribution >= 4 is 103 Å². The van der Waals surface area contributed by atoms with Crippen LogP contribution in [-0.4, -0.2) is 40.0 Å². The van der Waals surface area contributed by atoms with E-state index < -0.39 is 32.6 Å². The number of carboxylic acids is 2. The molecule has 0 aliphatic heterocycles. The fourth-order valence-electron chi connectivity index (χ4n) is 2.18. The molecular formula is C15H7BrCl6N4Na2O4. The fourth-order valence-corrected chi connectivity index (χ4v) is 3.23. The van der Waals surface area contributed by atoms with Crippen molar-refractivity contribution in [1.82, 2.24) is 15.0 Å². The van der Waals surface area contributed by atoms with Crippen LogP contribution in [0.25, 0.3) is 11.4 Å². The van der Waals surface area contributed by atoms with Crippen LogP contribution in [0, 0.1) is 0 Å². The first-order valence-electron chi connectivity index (χ1n) is 7.53. The van der Waals surface area contributed by atoms with Crippen molar-refractivity contribution in [2.24, 2.45) is 0 Å². The number of anilines is 1. The van der Waals surface area contributed by atoms with Gasteiger partial charge in [-0.3, -0.25) is 0 Å². The summed E-state index contributed by atoms with van der Waals surface area (Å²) in [7, 11) is 0. The predicted molar refractivity (Wildman–Crippen MR) is 114 cm³/mol. The Labute approximate surface area is 265 Å². The molecule has 0 aliphatic rings. The Kier molecular flexibility index (Phi) is 14.0. The van der Waals surface area contributed by atoms with Crippen LogP contribution in [-0.2, 0) is 17.2 Å². The Morgan fingerprint density at radius 3 is 1.66 bits per heavy atom. The van der Waals surface area contributed by atoms with Gasteiger partial charge in [-0.15, -0.1) is 0 Å². The van der Waals surface area contributed by atoms with Gasteiger partial charge in [0, 0.05) is 15.7 Å². The van der Waals surface area contributed by atoms with Crippen molar-refractivity contribution < 1.29 is 78.9 Å². The number of halogens is 7. The molecule has 0 amide bonds. The summed E-state index contributed by atoms with van der Waals surface area (Å²) in [5.41, 5.74) is 0.560. The molecule has 0 bridgehead atoms. The summed E-state index contributed by atoms with van der Waals surface area (Å²) < 4.78 is -3.76. The third-order valence-electron chi connectivity index (χ3n) is 3.34. The van der Waals surface area contributed by atoms with Gasteiger partial charge in [0.1, 0.15) is 0 Å². The summed E-state index contributed by atoms with van der Waals surface area (Å²) in [6, 6.07) is 4.30. The Morgan fingerprint density at radius 1 is 0.875 bits per heavy atom. The molecule has 17 heteroatoms. The molecule has 0 radical (unpaired) electrons. The zero-order chi connectivity index (χ0) is 22.9. The van der Waals surface area contributed by atoms with Crippen molar-refractivity contribution in [2.75, 3.05) is 18.0 Å². The Hall–Kier alpha value is 1.19. The SMILES string of the molecule is O=C([O-])CN(CC(=O)[O-])c1ccc(-c2nc(C(Cl)(Cl)Cl)nc(C(Cl)(Cl)Cl)n2)c(Br)c1.[Na+].[Na+]. The molecule has 0 unspecified atom stereocenters. The number of carboxylic acid groups (broad SMARTS) is 2. The quantitative estimate of drug-likeness (QED) is 0.232. The maximum absolute atomic E-state index is 10.9. The van der Waals surface area contributed by atoms with Crippen LogP contribution in [0.4, 0.5) is 5.69 Å². The molecule has 2 rings (SSSR count). The molecule has 1 aromatic carbocycles. The van der Waals surface area contributed by atoms with E-state index in [2.05, 4.69) is 30.9 Å². The van der Waals surface area contributed by atoms with E-state index in [0.29, 0.717) is 10.0 Å². The summed E-state index contributed by atoms with van der Waals surface area (Å²) in [5, 5.41) is 21.8. The van der Waals surface area contributed by atoms with E-state index in [9.17, 15) is 19.8 Å². The van der Waals surface area contributed by atoms with Gasteiger partial charge in [-0.2, -0.15) is 0 Å². The van der Waals surface area contributed by atoms with E-state index >= 15 is 0 Å². The van der Waals surface area contributed by atoms with Crippen LogP contribution >= 0.6 is 85.5 Å². The molecule has 162 valence electrons. The summed E-state index contributed by atoms with van der Waals surface area (Å²) in [5.74, 6) is -3.59. The zero-order valence-electron chi connectivity index (χ0n) is 16.2. The second kappa shape index (κ2) is 13.5. The first-order chi connectivity index (χ1) is 13.7. The molecule has 0 N–H and O–H groups in total. The maximum Gasteiger partial charge on any atom is 1.00 e. The van der Waals surface area contributed by atoms with E-state index in [0.717, 1.165) is 4.90 Å². The first kappa shape index (κ1) is 33.2. The number of rotatable bonds is 6. The van der Waals surface area contributed by atoms with Gasteiger partial charge in [0.15, 0.2) is 17.5 Å². The second-order valence-corrected chi connectivity index (χ2v) is 11.0. The van der Waals surface area contributed by atoms with E-state index in [-0.39, 0.29) is 82.3 Å². The van der Waals surface area contributed by atoms with E-state index in [4.69, 9.17) is 69.6 Å². The molecular weight excluding hydrogens is 639 g/mol. The van der Waals surface area contributed by atoms with Crippen molar-refractivity contribution in [3.63, 3.8) is 0 Å². The normalized spacial score (nSPS) is 11.2. The number of nitrogens with zero attached hydrogens (tertiary/aromatic N) is 4. The number of benzene rings is 1.